The van der Waals surface area contributed by atoms with E-state index in [0.717, 1.165) is 30.1 Å². The highest BCUT2D eigenvalue weighted by Crippen LogP contribution is 2.32. The van der Waals surface area contributed by atoms with Crippen molar-refractivity contribution in [2.45, 2.75) is 45.3 Å². The summed E-state index contributed by atoms with van der Waals surface area (Å²) in [4.78, 5) is 4.65. The molecule has 0 aliphatic heterocycles. The summed E-state index contributed by atoms with van der Waals surface area (Å²) in [6, 6.07) is 8.10. The Bertz CT molecular complexity index is 651. The second-order valence-electron chi connectivity index (χ2n) is 6.42. The van der Waals surface area contributed by atoms with Crippen molar-refractivity contribution < 1.29 is 9.47 Å². The van der Waals surface area contributed by atoms with Gasteiger partial charge in [-0.1, -0.05) is 18.6 Å². The van der Waals surface area contributed by atoms with Crippen molar-refractivity contribution in [1.82, 2.24) is 9.55 Å². The predicted octanol–water partition coefficient (Wildman–Crippen LogP) is 4.07. The highest BCUT2D eigenvalue weighted by Gasteiger charge is 2.24. The summed E-state index contributed by atoms with van der Waals surface area (Å²) < 4.78 is 13.4. The zero-order valence-electron chi connectivity index (χ0n) is 14.3. The number of ether oxygens (including phenoxy) is 2. The van der Waals surface area contributed by atoms with E-state index in [1.54, 1.807) is 7.11 Å². The molecule has 0 amide bonds. The molecule has 1 aliphatic carbocycles. The van der Waals surface area contributed by atoms with Gasteiger partial charge in [-0.25, -0.2) is 4.98 Å². The number of rotatable bonds is 5. The molecule has 1 saturated carbocycles. The van der Waals surface area contributed by atoms with E-state index in [0.29, 0.717) is 12.0 Å². The third kappa shape index (κ3) is 3.42. The Morgan fingerprint density at radius 3 is 2.83 bits per heavy atom. The summed E-state index contributed by atoms with van der Waals surface area (Å²) in [5.74, 6) is 2.52. The molecule has 0 bridgehead atoms. The number of benzene rings is 1. The Kier molecular flexibility index (Phi) is 5.01. The normalized spacial score (nSPS) is 21.3. The summed E-state index contributed by atoms with van der Waals surface area (Å²) in [5.41, 5.74) is 2.26. The van der Waals surface area contributed by atoms with E-state index in [2.05, 4.69) is 22.5 Å². The lowest BCUT2D eigenvalue weighted by Gasteiger charge is -2.29. The number of hydrogen-bond acceptors (Lipinski definition) is 3. The Balaban J connectivity index is 1.87. The largest absolute Gasteiger partial charge is 0.496 e. The molecule has 4 nitrogen and oxygen atoms in total. The lowest BCUT2D eigenvalue weighted by molar-refractivity contribution is 0.0472. The zero-order chi connectivity index (χ0) is 16.2. The molecule has 2 aromatic rings. The summed E-state index contributed by atoms with van der Waals surface area (Å²) in [7, 11) is 3.54. The van der Waals surface area contributed by atoms with Crippen LogP contribution in [0.4, 0.5) is 0 Å². The second-order valence-corrected chi connectivity index (χ2v) is 6.42. The molecule has 3 rings (SSSR count). The van der Waals surface area contributed by atoms with E-state index in [4.69, 9.17) is 9.47 Å². The lowest BCUT2D eigenvalue weighted by atomic mass is 9.87. The van der Waals surface area contributed by atoms with E-state index in [9.17, 15) is 0 Å². The maximum absolute atomic E-state index is 5.58. The molecule has 1 aliphatic rings. The Hall–Kier alpha value is -1.81. The van der Waals surface area contributed by atoms with Crippen LogP contribution in [-0.4, -0.2) is 29.9 Å². The molecule has 1 aromatic heterocycles. The molecule has 4 heteroatoms. The standard InChI is InChI=1S/C19H26N2O2/c1-14-12-20-19(17-9-4-5-10-18(17)23-3)21(14)13-15-7-6-8-16(11-15)22-2/h4-5,9-10,12,15-16H,6-8,11,13H2,1-3H3. The van der Waals surface area contributed by atoms with Gasteiger partial charge in [0.2, 0.25) is 0 Å². The minimum atomic E-state index is 0.410. The molecule has 2 unspecified atom stereocenters. The van der Waals surface area contributed by atoms with Gasteiger partial charge in [-0.3, -0.25) is 0 Å². The van der Waals surface area contributed by atoms with Crippen LogP contribution in [0, 0.1) is 12.8 Å². The first kappa shape index (κ1) is 16.1. The van der Waals surface area contributed by atoms with Gasteiger partial charge in [-0.05, 0) is 44.2 Å². The maximum atomic E-state index is 5.58. The molecule has 2 atom stereocenters. The SMILES string of the molecule is COc1ccccc1-c1ncc(C)n1CC1CCCC(OC)C1. The van der Waals surface area contributed by atoms with Gasteiger partial charge in [0.05, 0.1) is 18.8 Å². The van der Waals surface area contributed by atoms with Gasteiger partial charge in [-0.15, -0.1) is 0 Å². The van der Waals surface area contributed by atoms with E-state index >= 15 is 0 Å². The number of para-hydroxylation sites is 1. The Labute approximate surface area is 138 Å². The fourth-order valence-electron chi connectivity index (χ4n) is 3.62. The van der Waals surface area contributed by atoms with E-state index in [1.807, 2.05) is 31.5 Å². The molecule has 1 fully saturated rings. The smallest absolute Gasteiger partial charge is 0.143 e. The highest BCUT2D eigenvalue weighted by molar-refractivity contribution is 5.64. The van der Waals surface area contributed by atoms with Crippen LogP contribution >= 0.6 is 0 Å². The summed E-state index contributed by atoms with van der Waals surface area (Å²) in [6.07, 6.45) is 7.21. The van der Waals surface area contributed by atoms with Crippen molar-refractivity contribution in [2.24, 2.45) is 5.92 Å². The average Bonchev–Trinajstić information content (AvgIpc) is 2.95. The van der Waals surface area contributed by atoms with Crippen LogP contribution in [0.25, 0.3) is 11.4 Å². The summed E-state index contributed by atoms with van der Waals surface area (Å²) >= 11 is 0. The molecule has 0 saturated heterocycles. The van der Waals surface area contributed by atoms with Gasteiger partial charge in [0.1, 0.15) is 11.6 Å². The first-order chi connectivity index (χ1) is 11.2. The van der Waals surface area contributed by atoms with Crippen LogP contribution < -0.4 is 4.74 Å². The number of aromatic nitrogens is 2. The molecule has 1 heterocycles. The van der Waals surface area contributed by atoms with E-state index in [-0.39, 0.29) is 0 Å². The molecule has 124 valence electrons. The molecule has 0 spiro atoms. The van der Waals surface area contributed by atoms with E-state index < -0.39 is 0 Å². The van der Waals surface area contributed by atoms with E-state index in [1.165, 1.54) is 25.0 Å². The first-order valence-corrected chi connectivity index (χ1v) is 8.41. The maximum Gasteiger partial charge on any atom is 0.143 e. The third-order valence-corrected chi connectivity index (χ3v) is 4.91. The monoisotopic (exact) mass is 314 g/mol. The number of nitrogens with zero attached hydrogens (tertiary/aromatic N) is 2. The minimum Gasteiger partial charge on any atom is -0.496 e. The zero-order valence-corrected chi connectivity index (χ0v) is 14.3. The number of methoxy groups -OCH3 is 2. The fourth-order valence-corrected chi connectivity index (χ4v) is 3.62. The lowest BCUT2D eigenvalue weighted by Crippen LogP contribution is -2.25. The molecule has 1 aromatic carbocycles. The quantitative estimate of drug-likeness (QED) is 0.834. The van der Waals surface area contributed by atoms with Crippen LogP contribution in [0.5, 0.6) is 5.75 Å². The highest BCUT2D eigenvalue weighted by atomic mass is 16.5. The van der Waals surface area contributed by atoms with Gasteiger partial charge in [0.15, 0.2) is 0 Å². The predicted molar refractivity (Wildman–Crippen MR) is 91.7 cm³/mol. The molecule has 0 N–H and O–H groups in total. The summed E-state index contributed by atoms with van der Waals surface area (Å²) in [6.45, 7) is 3.13. The topological polar surface area (TPSA) is 36.3 Å². The van der Waals surface area contributed by atoms with Gasteiger partial charge in [0.25, 0.3) is 0 Å². The Morgan fingerprint density at radius 1 is 1.22 bits per heavy atom. The van der Waals surface area contributed by atoms with Crippen LogP contribution in [0.3, 0.4) is 0 Å². The number of aryl methyl sites for hydroxylation is 1. The molecular formula is C19H26N2O2. The average molecular weight is 314 g/mol. The van der Waals surface area contributed by atoms with Gasteiger partial charge in [0, 0.05) is 25.5 Å². The van der Waals surface area contributed by atoms with Crippen LogP contribution in [-0.2, 0) is 11.3 Å². The number of hydrogen-bond donors (Lipinski definition) is 0. The molecule has 0 radical (unpaired) electrons. The van der Waals surface area contributed by atoms with Crippen molar-refractivity contribution in [2.75, 3.05) is 14.2 Å². The van der Waals surface area contributed by atoms with Crippen LogP contribution in [0.2, 0.25) is 0 Å². The van der Waals surface area contributed by atoms with Gasteiger partial charge >= 0.3 is 0 Å². The second kappa shape index (κ2) is 7.18. The van der Waals surface area contributed by atoms with Crippen LogP contribution in [0.1, 0.15) is 31.4 Å². The van der Waals surface area contributed by atoms with Gasteiger partial charge < -0.3 is 14.0 Å². The number of imidazole rings is 1. The molecular weight excluding hydrogens is 288 g/mol. The summed E-state index contributed by atoms with van der Waals surface area (Å²) in [5, 5.41) is 0. The van der Waals surface area contributed by atoms with Crippen molar-refractivity contribution >= 4 is 0 Å². The minimum absolute atomic E-state index is 0.410. The fraction of sp³-hybridized carbons (Fsp3) is 0.526. The van der Waals surface area contributed by atoms with Crippen molar-refractivity contribution in [3.05, 3.63) is 36.2 Å². The van der Waals surface area contributed by atoms with Crippen LogP contribution in [0.15, 0.2) is 30.5 Å². The van der Waals surface area contributed by atoms with Crippen molar-refractivity contribution in [3.63, 3.8) is 0 Å². The molecule has 23 heavy (non-hydrogen) atoms. The van der Waals surface area contributed by atoms with Crippen molar-refractivity contribution in [3.8, 4) is 17.1 Å². The van der Waals surface area contributed by atoms with Crippen molar-refractivity contribution in [1.29, 1.82) is 0 Å². The Morgan fingerprint density at radius 2 is 2.04 bits per heavy atom. The van der Waals surface area contributed by atoms with Gasteiger partial charge in [-0.2, -0.15) is 0 Å². The first-order valence-electron chi connectivity index (χ1n) is 8.41. The third-order valence-electron chi connectivity index (χ3n) is 4.91.